The van der Waals surface area contributed by atoms with Gasteiger partial charge in [0.2, 0.25) is 5.91 Å². The number of benzene rings is 3. The second-order valence-corrected chi connectivity index (χ2v) is 4.59. The molecule has 0 bridgehead atoms. The predicted molar refractivity (Wildman–Crippen MR) is 80.2 cm³/mol. The van der Waals surface area contributed by atoms with Gasteiger partial charge in [0.15, 0.2) is 0 Å². The fraction of sp³-hybridized carbons (Fsp3) is 0.0625. The standard InChI is InChI=1S/C16H14N2O/c1-10(19)18-15-8-4-7-13-14(15)9-11-5-2-3-6-12(11)16(13)17/h2-9H,17H2,1H3,(H,18,19). The van der Waals surface area contributed by atoms with Crippen LogP contribution in [-0.4, -0.2) is 5.91 Å². The quantitative estimate of drug-likeness (QED) is 0.512. The fourth-order valence-electron chi connectivity index (χ4n) is 2.42. The molecule has 0 saturated heterocycles. The number of hydrogen-bond donors (Lipinski definition) is 2. The highest BCUT2D eigenvalue weighted by Crippen LogP contribution is 2.34. The van der Waals surface area contributed by atoms with Crippen molar-refractivity contribution in [1.29, 1.82) is 0 Å². The summed E-state index contributed by atoms with van der Waals surface area (Å²) in [6.07, 6.45) is 0. The van der Waals surface area contributed by atoms with Crippen molar-refractivity contribution in [1.82, 2.24) is 0 Å². The molecule has 0 heterocycles. The third kappa shape index (κ3) is 1.89. The van der Waals surface area contributed by atoms with Crippen LogP contribution in [0.4, 0.5) is 11.4 Å². The van der Waals surface area contributed by atoms with E-state index in [1.807, 2.05) is 42.5 Å². The Hall–Kier alpha value is -2.55. The molecule has 0 radical (unpaired) electrons. The van der Waals surface area contributed by atoms with Crippen LogP contribution in [-0.2, 0) is 4.79 Å². The van der Waals surface area contributed by atoms with Gasteiger partial charge < -0.3 is 11.1 Å². The van der Waals surface area contributed by atoms with Crippen LogP contribution in [0.5, 0.6) is 0 Å². The Labute approximate surface area is 111 Å². The average Bonchev–Trinajstić information content (AvgIpc) is 2.40. The summed E-state index contributed by atoms with van der Waals surface area (Å²) >= 11 is 0. The molecule has 3 aromatic rings. The van der Waals surface area contributed by atoms with Crippen LogP contribution in [0.2, 0.25) is 0 Å². The Morgan fingerprint density at radius 1 is 1.00 bits per heavy atom. The summed E-state index contributed by atoms with van der Waals surface area (Å²) < 4.78 is 0. The molecule has 3 N–H and O–H groups in total. The molecule has 19 heavy (non-hydrogen) atoms. The van der Waals surface area contributed by atoms with E-state index in [-0.39, 0.29) is 5.91 Å². The Balaban J connectivity index is 2.40. The van der Waals surface area contributed by atoms with E-state index in [9.17, 15) is 4.79 Å². The van der Waals surface area contributed by atoms with E-state index >= 15 is 0 Å². The van der Waals surface area contributed by atoms with Crippen LogP contribution in [0.1, 0.15) is 6.92 Å². The molecule has 3 nitrogen and oxygen atoms in total. The van der Waals surface area contributed by atoms with Crippen molar-refractivity contribution in [2.75, 3.05) is 11.1 Å². The normalized spacial score (nSPS) is 10.8. The van der Waals surface area contributed by atoms with Crippen LogP contribution >= 0.6 is 0 Å². The minimum atomic E-state index is -0.0840. The molecular weight excluding hydrogens is 236 g/mol. The largest absolute Gasteiger partial charge is 0.398 e. The first-order valence-corrected chi connectivity index (χ1v) is 6.14. The van der Waals surface area contributed by atoms with E-state index in [1.54, 1.807) is 0 Å². The zero-order valence-corrected chi connectivity index (χ0v) is 10.6. The van der Waals surface area contributed by atoms with Gasteiger partial charge in [-0.1, -0.05) is 36.4 Å². The first kappa shape index (κ1) is 11.5. The van der Waals surface area contributed by atoms with Gasteiger partial charge in [-0.15, -0.1) is 0 Å². The average molecular weight is 250 g/mol. The van der Waals surface area contributed by atoms with Gasteiger partial charge in [0.05, 0.1) is 0 Å². The van der Waals surface area contributed by atoms with Gasteiger partial charge >= 0.3 is 0 Å². The van der Waals surface area contributed by atoms with Crippen molar-refractivity contribution >= 4 is 38.8 Å². The molecular formula is C16H14N2O. The summed E-state index contributed by atoms with van der Waals surface area (Å²) in [6.45, 7) is 1.50. The zero-order chi connectivity index (χ0) is 13.4. The minimum absolute atomic E-state index is 0.0840. The number of carbonyl (C=O) groups excluding carboxylic acids is 1. The summed E-state index contributed by atoms with van der Waals surface area (Å²) in [6, 6.07) is 15.8. The van der Waals surface area contributed by atoms with E-state index in [2.05, 4.69) is 11.4 Å². The number of nitrogens with one attached hydrogen (secondary N) is 1. The SMILES string of the molecule is CC(=O)Nc1cccc2c(N)c3ccccc3cc12. The maximum atomic E-state index is 11.3. The lowest BCUT2D eigenvalue weighted by Crippen LogP contribution is -2.06. The van der Waals surface area contributed by atoms with E-state index in [0.717, 1.165) is 32.9 Å². The molecule has 3 heteroatoms. The molecule has 3 aromatic carbocycles. The monoisotopic (exact) mass is 250 g/mol. The molecule has 0 spiro atoms. The fourth-order valence-corrected chi connectivity index (χ4v) is 2.42. The van der Waals surface area contributed by atoms with Gasteiger partial charge in [-0.05, 0) is 17.5 Å². The summed E-state index contributed by atoms with van der Waals surface area (Å²) in [4.78, 5) is 11.3. The number of amides is 1. The smallest absolute Gasteiger partial charge is 0.221 e. The van der Waals surface area contributed by atoms with Crippen LogP contribution in [0.3, 0.4) is 0 Å². The first-order chi connectivity index (χ1) is 9.16. The third-order valence-electron chi connectivity index (χ3n) is 3.26. The van der Waals surface area contributed by atoms with Crippen molar-refractivity contribution in [3.63, 3.8) is 0 Å². The lowest BCUT2D eigenvalue weighted by Gasteiger charge is -2.11. The Morgan fingerprint density at radius 2 is 1.74 bits per heavy atom. The van der Waals surface area contributed by atoms with Crippen molar-refractivity contribution in [2.45, 2.75) is 6.92 Å². The number of nitrogens with two attached hydrogens (primary N) is 1. The number of hydrogen-bond acceptors (Lipinski definition) is 2. The molecule has 94 valence electrons. The van der Waals surface area contributed by atoms with E-state index < -0.39 is 0 Å². The summed E-state index contributed by atoms with van der Waals surface area (Å²) in [5.41, 5.74) is 7.79. The highest BCUT2D eigenvalue weighted by molar-refractivity contribution is 6.14. The maximum absolute atomic E-state index is 11.3. The second kappa shape index (κ2) is 4.28. The van der Waals surface area contributed by atoms with Gasteiger partial charge in [-0.25, -0.2) is 0 Å². The van der Waals surface area contributed by atoms with E-state index in [4.69, 9.17) is 5.73 Å². The van der Waals surface area contributed by atoms with Gasteiger partial charge in [-0.3, -0.25) is 4.79 Å². The number of nitrogen functional groups attached to an aromatic ring is 1. The molecule has 0 aliphatic rings. The Bertz CT molecular complexity index is 793. The van der Waals surface area contributed by atoms with Crippen molar-refractivity contribution in [3.8, 4) is 0 Å². The van der Waals surface area contributed by atoms with Crippen molar-refractivity contribution in [2.24, 2.45) is 0 Å². The van der Waals surface area contributed by atoms with Gasteiger partial charge in [0.1, 0.15) is 0 Å². The third-order valence-corrected chi connectivity index (χ3v) is 3.26. The van der Waals surface area contributed by atoms with Crippen LogP contribution in [0, 0.1) is 0 Å². The van der Waals surface area contributed by atoms with Crippen molar-refractivity contribution in [3.05, 3.63) is 48.5 Å². The minimum Gasteiger partial charge on any atom is -0.398 e. The number of fused-ring (bicyclic) bond motifs is 2. The number of rotatable bonds is 1. The lowest BCUT2D eigenvalue weighted by molar-refractivity contribution is -0.114. The van der Waals surface area contributed by atoms with Crippen LogP contribution < -0.4 is 11.1 Å². The summed E-state index contributed by atoms with van der Waals surface area (Å²) in [7, 11) is 0. The first-order valence-electron chi connectivity index (χ1n) is 6.14. The zero-order valence-electron chi connectivity index (χ0n) is 10.6. The Kier molecular flexibility index (Phi) is 2.60. The molecule has 0 saturated carbocycles. The lowest BCUT2D eigenvalue weighted by atomic mass is 10.00. The molecule has 0 unspecified atom stereocenters. The second-order valence-electron chi connectivity index (χ2n) is 4.59. The molecule has 0 fully saturated rings. The predicted octanol–water partition coefficient (Wildman–Crippen LogP) is 3.53. The number of carbonyl (C=O) groups is 1. The van der Waals surface area contributed by atoms with E-state index in [0.29, 0.717) is 0 Å². The van der Waals surface area contributed by atoms with Crippen LogP contribution in [0.25, 0.3) is 21.5 Å². The number of anilines is 2. The molecule has 3 rings (SSSR count). The highest BCUT2D eigenvalue weighted by Gasteiger charge is 2.08. The molecule has 0 aliphatic carbocycles. The highest BCUT2D eigenvalue weighted by atomic mass is 16.1. The van der Waals surface area contributed by atoms with Gasteiger partial charge in [-0.2, -0.15) is 0 Å². The van der Waals surface area contributed by atoms with Gasteiger partial charge in [0, 0.05) is 34.5 Å². The molecule has 0 atom stereocenters. The maximum Gasteiger partial charge on any atom is 0.221 e. The molecule has 1 amide bonds. The summed E-state index contributed by atoms with van der Waals surface area (Å²) in [5, 5.41) is 6.89. The molecule has 0 aliphatic heterocycles. The van der Waals surface area contributed by atoms with Gasteiger partial charge in [0.25, 0.3) is 0 Å². The van der Waals surface area contributed by atoms with E-state index in [1.165, 1.54) is 6.92 Å². The topological polar surface area (TPSA) is 55.1 Å². The summed E-state index contributed by atoms with van der Waals surface area (Å²) in [5.74, 6) is -0.0840. The Morgan fingerprint density at radius 3 is 2.53 bits per heavy atom. The van der Waals surface area contributed by atoms with Crippen molar-refractivity contribution < 1.29 is 4.79 Å². The van der Waals surface area contributed by atoms with Crippen LogP contribution in [0.15, 0.2) is 48.5 Å². The molecule has 0 aromatic heterocycles.